The lowest BCUT2D eigenvalue weighted by Gasteiger charge is -2.06. The number of Topliss-reactive ketones (excluding diaryl/α,β-unsaturated/α-hetero) is 1. The number of nitrogens with one attached hydrogen (secondary N) is 1. The van der Waals surface area contributed by atoms with Crippen molar-refractivity contribution < 1.29 is 14.3 Å². The molecule has 26 heavy (non-hydrogen) atoms. The summed E-state index contributed by atoms with van der Waals surface area (Å²) in [5.41, 5.74) is 1.40. The number of thioether (sulfide) groups is 1. The summed E-state index contributed by atoms with van der Waals surface area (Å²) in [6, 6.07) is 18.2. The van der Waals surface area contributed by atoms with Crippen molar-refractivity contribution in [2.75, 3.05) is 18.2 Å². The van der Waals surface area contributed by atoms with Crippen molar-refractivity contribution in [1.82, 2.24) is 0 Å². The van der Waals surface area contributed by atoms with E-state index in [9.17, 15) is 9.59 Å². The van der Waals surface area contributed by atoms with Gasteiger partial charge in [0.15, 0.2) is 5.78 Å². The molecule has 1 amide bonds. The summed E-state index contributed by atoms with van der Waals surface area (Å²) < 4.78 is 5.09. The molecule has 3 aromatic rings. The molecule has 0 aliphatic rings. The number of methoxy groups -OCH3 is 1. The molecule has 0 radical (unpaired) electrons. The molecule has 132 valence electrons. The molecule has 0 saturated heterocycles. The van der Waals surface area contributed by atoms with Crippen molar-refractivity contribution >= 4 is 40.5 Å². The summed E-state index contributed by atoms with van der Waals surface area (Å²) in [6.45, 7) is 0. The van der Waals surface area contributed by atoms with Gasteiger partial charge in [-0.3, -0.25) is 9.59 Å². The van der Waals surface area contributed by atoms with Crippen molar-refractivity contribution in [3.05, 3.63) is 76.5 Å². The molecule has 6 heteroatoms. The highest BCUT2D eigenvalue weighted by atomic mass is 32.2. The zero-order valence-electron chi connectivity index (χ0n) is 14.1. The normalized spacial score (nSPS) is 10.3. The van der Waals surface area contributed by atoms with Gasteiger partial charge in [0.1, 0.15) is 5.75 Å². The fourth-order valence-electron chi connectivity index (χ4n) is 2.24. The summed E-state index contributed by atoms with van der Waals surface area (Å²) in [4.78, 5) is 25.9. The zero-order chi connectivity index (χ0) is 18.4. The Morgan fingerprint density at radius 1 is 1.04 bits per heavy atom. The quantitative estimate of drug-likeness (QED) is 0.462. The van der Waals surface area contributed by atoms with Crippen LogP contribution in [0.2, 0.25) is 0 Å². The molecule has 4 nitrogen and oxygen atoms in total. The Bertz CT molecular complexity index is 872. The zero-order valence-corrected chi connectivity index (χ0v) is 15.7. The molecule has 0 aliphatic carbocycles. The maximum absolute atomic E-state index is 12.2. The molecule has 2 aromatic carbocycles. The maximum atomic E-state index is 12.2. The van der Waals surface area contributed by atoms with Crippen molar-refractivity contribution in [3.8, 4) is 5.75 Å². The van der Waals surface area contributed by atoms with Gasteiger partial charge in [0.05, 0.1) is 17.7 Å². The summed E-state index contributed by atoms with van der Waals surface area (Å²) in [5, 5.41) is 4.73. The molecule has 0 unspecified atom stereocenters. The highest BCUT2D eigenvalue weighted by Gasteiger charge is 2.09. The Balaban J connectivity index is 1.53. The number of hydrogen-bond donors (Lipinski definition) is 1. The van der Waals surface area contributed by atoms with Gasteiger partial charge in [0.2, 0.25) is 0 Å². The van der Waals surface area contributed by atoms with E-state index in [1.165, 1.54) is 23.1 Å². The lowest BCUT2D eigenvalue weighted by atomic mass is 10.1. The van der Waals surface area contributed by atoms with Crippen LogP contribution >= 0.6 is 23.1 Å². The van der Waals surface area contributed by atoms with Gasteiger partial charge < -0.3 is 10.1 Å². The number of carbonyl (C=O) groups is 2. The molecule has 0 fully saturated rings. The van der Waals surface area contributed by atoms with E-state index in [0.29, 0.717) is 16.2 Å². The molecular weight excluding hydrogens is 366 g/mol. The van der Waals surface area contributed by atoms with Crippen LogP contribution in [0.4, 0.5) is 5.69 Å². The number of ketones is 1. The lowest BCUT2D eigenvalue weighted by molar-refractivity contribution is 0.101. The molecule has 0 spiro atoms. The number of anilines is 1. The van der Waals surface area contributed by atoms with Gasteiger partial charge in [-0.05, 0) is 60.0 Å². The number of thiophene rings is 1. The first kappa shape index (κ1) is 18.2. The molecule has 0 saturated carbocycles. The number of benzene rings is 2. The molecule has 1 heterocycles. The van der Waals surface area contributed by atoms with E-state index in [1.807, 2.05) is 35.7 Å². The largest absolute Gasteiger partial charge is 0.497 e. The Kier molecular flexibility index (Phi) is 6.09. The molecule has 1 aromatic heterocycles. The Morgan fingerprint density at radius 3 is 2.38 bits per heavy atom. The fourth-order valence-corrected chi connectivity index (χ4v) is 3.66. The number of hydrogen-bond acceptors (Lipinski definition) is 5. The van der Waals surface area contributed by atoms with Gasteiger partial charge in [-0.2, -0.15) is 0 Å². The van der Waals surface area contributed by atoms with E-state index in [4.69, 9.17) is 4.74 Å². The minimum atomic E-state index is -0.116. The molecule has 0 aliphatic heterocycles. The van der Waals surface area contributed by atoms with Crippen LogP contribution in [0.1, 0.15) is 20.0 Å². The SMILES string of the molecule is COc1ccc(C(=O)CSc2ccc(NC(=O)c3cccs3)cc2)cc1. The monoisotopic (exact) mass is 383 g/mol. The minimum absolute atomic E-state index is 0.0627. The van der Waals surface area contributed by atoms with Crippen LogP contribution in [0.5, 0.6) is 5.75 Å². The van der Waals surface area contributed by atoms with E-state index in [-0.39, 0.29) is 11.7 Å². The van der Waals surface area contributed by atoms with E-state index >= 15 is 0 Å². The first-order valence-corrected chi connectivity index (χ1v) is 9.77. The van der Waals surface area contributed by atoms with E-state index in [1.54, 1.807) is 37.4 Å². The third-order valence-electron chi connectivity index (χ3n) is 3.64. The van der Waals surface area contributed by atoms with Crippen LogP contribution in [0, 0.1) is 0 Å². The number of rotatable bonds is 7. The highest BCUT2D eigenvalue weighted by molar-refractivity contribution is 8.00. The minimum Gasteiger partial charge on any atom is -0.497 e. The second kappa shape index (κ2) is 8.69. The second-order valence-corrected chi connectivity index (χ2v) is 7.39. The van der Waals surface area contributed by atoms with Crippen LogP contribution in [0.3, 0.4) is 0 Å². The van der Waals surface area contributed by atoms with Gasteiger partial charge in [0, 0.05) is 16.1 Å². The molecule has 0 atom stereocenters. The van der Waals surface area contributed by atoms with Crippen molar-refractivity contribution in [3.63, 3.8) is 0 Å². The first-order valence-electron chi connectivity index (χ1n) is 7.90. The van der Waals surface area contributed by atoms with Gasteiger partial charge >= 0.3 is 0 Å². The Morgan fingerprint density at radius 2 is 1.77 bits per heavy atom. The average molecular weight is 383 g/mol. The van der Waals surface area contributed by atoms with Crippen molar-refractivity contribution in [1.29, 1.82) is 0 Å². The van der Waals surface area contributed by atoms with Gasteiger partial charge in [-0.25, -0.2) is 0 Å². The van der Waals surface area contributed by atoms with Gasteiger partial charge in [-0.1, -0.05) is 6.07 Å². The van der Waals surface area contributed by atoms with Crippen LogP contribution in [0.15, 0.2) is 70.9 Å². The van der Waals surface area contributed by atoms with Crippen LogP contribution in [-0.4, -0.2) is 24.6 Å². The highest BCUT2D eigenvalue weighted by Crippen LogP contribution is 2.22. The Hall–Kier alpha value is -2.57. The molecular formula is C20H17NO3S2. The third kappa shape index (κ3) is 4.74. The van der Waals surface area contributed by atoms with Crippen LogP contribution in [-0.2, 0) is 0 Å². The predicted octanol–water partition coefficient (Wildman–Crippen LogP) is 4.98. The van der Waals surface area contributed by atoms with Crippen molar-refractivity contribution in [2.45, 2.75) is 4.90 Å². The predicted molar refractivity (Wildman–Crippen MR) is 107 cm³/mol. The average Bonchev–Trinajstić information content (AvgIpc) is 3.22. The van der Waals surface area contributed by atoms with Crippen LogP contribution in [0.25, 0.3) is 0 Å². The van der Waals surface area contributed by atoms with Gasteiger partial charge in [-0.15, -0.1) is 23.1 Å². The maximum Gasteiger partial charge on any atom is 0.265 e. The first-order chi connectivity index (χ1) is 12.7. The number of amides is 1. The lowest BCUT2D eigenvalue weighted by Crippen LogP contribution is -2.09. The van der Waals surface area contributed by atoms with Crippen LogP contribution < -0.4 is 10.1 Å². The standard InChI is InChI=1S/C20H17NO3S2/c1-24-16-8-4-14(5-9-16)18(22)13-26-17-10-6-15(7-11-17)21-20(23)19-3-2-12-25-19/h2-12H,13H2,1H3,(H,21,23). The summed E-state index contributed by atoms with van der Waals surface area (Å²) in [5.74, 6) is 1.03. The smallest absolute Gasteiger partial charge is 0.265 e. The Labute approximate surface area is 160 Å². The molecule has 0 bridgehead atoms. The van der Waals surface area contributed by atoms with E-state index in [2.05, 4.69) is 5.32 Å². The summed E-state index contributed by atoms with van der Waals surface area (Å²) in [7, 11) is 1.60. The number of ether oxygens (including phenoxy) is 1. The summed E-state index contributed by atoms with van der Waals surface area (Å²) >= 11 is 2.87. The summed E-state index contributed by atoms with van der Waals surface area (Å²) in [6.07, 6.45) is 0. The van der Waals surface area contributed by atoms with E-state index in [0.717, 1.165) is 16.3 Å². The third-order valence-corrected chi connectivity index (χ3v) is 5.52. The second-order valence-electron chi connectivity index (χ2n) is 5.40. The number of carbonyl (C=O) groups excluding carboxylic acids is 2. The fraction of sp³-hybridized carbons (Fsp3) is 0.100. The van der Waals surface area contributed by atoms with E-state index < -0.39 is 0 Å². The topological polar surface area (TPSA) is 55.4 Å². The molecule has 1 N–H and O–H groups in total. The molecule has 3 rings (SSSR count). The van der Waals surface area contributed by atoms with Crippen molar-refractivity contribution in [2.24, 2.45) is 0 Å². The van der Waals surface area contributed by atoms with Gasteiger partial charge in [0.25, 0.3) is 5.91 Å².